The Morgan fingerprint density at radius 1 is 1.33 bits per heavy atom. The van der Waals surface area contributed by atoms with Crippen molar-refractivity contribution in [3.63, 3.8) is 0 Å². The van der Waals surface area contributed by atoms with E-state index in [-0.39, 0.29) is 11.9 Å². The first-order chi connectivity index (χ1) is 13.1. The Morgan fingerprint density at radius 3 is 2.89 bits per heavy atom. The first-order valence-corrected chi connectivity index (χ1v) is 10.7. The maximum atomic E-state index is 12.7. The van der Waals surface area contributed by atoms with E-state index in [4.69, 9.17) is 0 Å². The van der Waals surface area contributed by atoms with Crippen molar-refractivity contribution < 1.29 is 4.79 Å². The minimum absolute atomic E-state index is 0.0165. The summed E-state index contributed by atoms with van der Waals surface area (Å²) in [6.07, 6.45) is 5.11. The maximum Gasteiger partial charge on any atom is 0.237 e. The molecule has 4 rings (SSSR count). The number of thiophene rings is 1. The van der Waals surface area contributed by atoms with Crippen molar-refractivity contribution in [3.05, 3.63) is 52.5 Å². The van der Waals surface area contributed by atoms with Gasteiger partial charge in [0.2, 0.25) is 5.91 Å². The molecule has 0 bridgehead atoms. The summed E-state index contributed by atoms with van der Waals surface area (Å²) in [6, 6.07) is 8.00. The third-order valence-corrected chi connectivity index (χ3v) is 6.85. The Bertz CT molecular complexity index is 741. The van der Waals surface area contributed by atoms with E-state index in [9.17, 15) is 4.79 Å². The van der Waals surface area contributed by atoms with Crippen molar-refractivity contribution >= 4 is 17.2 Å². The summed E-state index contributed by atoms with van der Waals surface area (Å²) in [7, 11) is 2.09. The summed E-state index contributed by atoms with van der Waals surface area (Å²) in [5.74, 6) is 0.140. The molecule has 2 fully saturated rings. The molecular formula is C21H28N4OS. The van der Waals surface area contributed by atoms with Crippen LogP contribution in [0, 0.1) is 5.41 Å². The van der Waals surface area contributed by atoms with Crippen LogP contribution in [-0.2, 0) is 17.9 Å². The number of carbonyl (C=O) groups is 1. The highest BCUT2D eigenvalue weighted by molar-refractivity contribution is 7.07. The van der Waals surface area contributed by atoms with Gasteiger partial charge in [0, 0.05) is 19.3 Å². The Labute approximate surface area is 165 Å². The van der Waals surface area contributed by atoms with Gasteiger partial charge in [0.15, 0.2) is 0 Å². The van der Waals surface area contributed by atoms with Gasteiger partial charge in [-0.15, -0.1) is 0 Å². The summed E-state index contributed by atoms with van der Waals surface area (Å²) in [5.41, 5.74) is 2.63. The highest BCUT2D eigenvalue weighted by Gasteiger charge is 2.46. The predicted octanol–water partition coefficient (Wildman–Crippen LogP) is 2.75. The number of aromatic nitrogens is 1. The van der Waals surface area contributed by atoms with E-state index in [1.165, 1.54) is 18.4 Å². The quantitative estimate of drug-likeness (QED) is 0.861. The highest BCUT2D eigenvalue weighted by Crippen LogP contribution is 2.43. The van der Waals surface area contributed by atoms with Crippen molar-refractivity contribution in [1.29, 1.82) is 0 Å². The third-order valence-electron chi connectivity index (χ3n) is 6.12. The maximum absolute atomic E-state index is 12.7. The van der Waals surface area contributed by atoms with Gasteiger partial charge in [0.25, 0.3) is 0 Å². The lowest BCUT2D eigenvalue weighted by atomic mass is 9.76. The van der Waals surface area contributed by atoms with E-state index in [0.29, 0.717) is 12.0 Å². The average molecular weight is 385 g/mol. The van der Waals surface area contributed by atoms with E-state index >= 15 is 0 Å². The largest absolute Gasteiger partial charge is 0.349 e. The van der Waals surface area contributed by atoms with Crippen LogP contribution in [0.5, 0.6) is 0 Å². The van der Waals surface area contributed by atoms with Crippen molar-refractivity contribution in [2.45, 2.75) is 38.4 Å². The molecule has 2 aliphatic rings. The number of hydrogen-bond acceptors (Lipinski definition) is 5. The Kier molecular flexibility index (Phi) is 5.57. The van der Waals surface area contributed by atoms with Gasteiger partial charge >= 0.3 is 0 Å². The van der Waals surface area contributed by atoms with Crippen molar-refractivity contribution in [2.75, 3.05) is 26.7 Å². The SMILES string of the molecule is CN1CC2(CCN(Cc3ccsc3)CC2)CC1C(=O)NCc1ccccn1. The molecule has 144 valence electrons. The molecule has 1 unspecified atom stereocenters. The number of likely N-dealkylation sites (N-methyl/N-ethyl adjacent to an activating group) is 1. The van der Waals surface area contributed by atoms with Gasteiger partial charge < -0.3 is 5.32 Å². The topological polar surface area (TPSA) is 48.5 Å². The second-order valence-corrected chi connectivity index (χ2v) is 8.86. The lowest BCUT2D eigenvalue weighted by molar-refractivity contribution is -0.125. The van der Waals surface area contributed by atoms with Crippen LogP contribution in [0.2, 0.25) is 0 Å². The van der Waals surface area contributed by atoms with Crippen molar-refractivity contribution in [2.24, 2.45) is 5.41 Å². The number of likely N-dealkylation sites (tertiary alicyclic amines) is 2. The van der Waals surface area contributed by atoms with Crippen LogP contribution < -0.4 is 5.32 Å². The minimum atomic E-state index is -0.0165. The molecule has 6 heteroatoms. The summed E-state index contributed by atoms with van der Waals surface area (Å²) in [4.78, 5) is 21.8. The molecule has 0 aromatic carbocycles. The smallest absolute Gasteiger partial charge is 0.237 e. The first kappa shape index (κ1) is 18.6. The highest BCUT2D eigenvalue weighted by atomic mass is 32.1. The third kappa shape index (κ3) is 4.39. The first-order valence-electron chi connectivity index (χ1n) is 9.75. The fraction of sp³-hybridized carbons (Fsp3) is 0.524. The van der Waals surface area contributed by atoms with E-state index in [2.05, 4.69) is 44.0 Å². The summed E-state index contributed by atoms with van der Waals surface area (Å²) >= 11 is 1.77. The molecule has 2 aromatic heterocycles. The van der Waals surface area contributed by atoms with Gasteiger partial charge in [-0.1, -0.05) is 6.07 Å². The molecule has 2 saturated heterocycles. The van der Waals surface area contributed by atoms with Gasteiger partial charge in [-0.25, -0.2) is 0 Å². The lowest BCUT2D eigenvalue weighted by Crippen LogP contribution is -2.41. The molecule has 2 aromatic rings. The lowest BCUT2D eigenvalue weighted by Gasteiger charge is -2.39. The summed E-state index contributed by atoms with van der Waals surface area (Å²) < 4.78 is 0. The zero-order chi connectivity index (χ0) is 18.7. The molecule has 0 saturated carbocycles. The molecule has 1 amide bonds. The second-order valence-electron chi connectivity index (χ2n) is 8.08. The normalized spacial score (nSPS) is 22.9. The number of rotatable bonds is 5. The molecule has 1 atom stereocenters. The molecule has 2 aliphatic heterocycles. The Morgan fingerprint density at radius 2 is 2.19 bits per heavy atom. The van der Waals surface area contributed by atoms with Crippen LogP contribution in [0.3, 0.4) is 0 Å². The zero-order valence-corrected chi connectivity index (χ0v) is 16.8. The Hall–Kier alpha value is -1.76. The van der Waals surface area contributed by atoms with E-state index in [1.807, 2.05) is 18.2 Å². The van der Waals surface area contributed by atoms with Crippen LogP contribution in [0.25, 0.3) is 0 Å². The standard InChI is InChI=1S/C21H28N4OS/c1-24-16-21(6-9-25(10-7-21)14-17-5-11-27-15-17)12-19(24)20(26)23-13-18-4-2-3-8-22-18/h2-5,8,11,15,19H,6-7,9-10,12-14,16H2,1H3,(H,23,26). The molecular weight excluding hydrogens is 356 g/mol. The van der Waals surface area contributed by atoms with Crippen LogP contribution in [0.4, 0.5) is 0 Å². The van der Waals surface area contributed by atoms with Crippen LogP contribution in [0.1, 0.15) is 30.5 Å². The van der Waals surface area contributed by atoms with Crippen LogP contribution in [0.15, 0.2) is 41.2 Å². The van der Waals surface area contributed by atoms with Crippen molar-refractivity contribution in [1.82, 2.24) is 20.1 Å². The van der Waals surface area contributed by atoms with Gasteiger partial charge in [0.05, 0.1) is 18.3 Å². The number of piperidine rings is 1. The van der Waals surface area contributed by atoms with Gasteiger partial charge in [-0.3, -0.25) is 19.6 Å². The zero-order valence-electron chi connectivity index (χ0n) is 15.9. The number of nitrogens with zero attached hydrogens (tertiary/aromatic N) is 3. The predicted molar refractivity (Wildman–Crippen MR) is 108 cm³/mol. The van der Waals surface area contributed by atoms with Gasteiger partial charge in [-0.05, 0) is 79.3 Å². The number of hydrogen-bond donors (Lipinski definition) is 1. The Balaban J connectivity index is 1.29. The fourth-order valence-corrected chi connectivity index (χ4v) is 5.21. The average Bonchev–Trinajstić information content (AvgIpc) is 3.31. The van der Waals surface area contributed by atoms with E-state index in [0.717, 1.165) is 38.3 Å². The molecule has 5 nitrogen and oxygen atoms in total. The van der Waals surface area contributed by atoms with E-state index < -0.39 is 0 Å². The number of pyridine rings is 1. The molecule has 0 aliphatic carbocycles. The number of amides is 1. The molecule has 1 N–H and O–H groups in total. The number of carbonyl (C=O) groups excluding carboxylic acids is 1. The van der Waals surface area contributed by atoms with E-state index in [1.54, 1.807) is 17.5 Å². The monoisotopic (exact) mass is 384 g/mol. The second kappa shape index (κ2) is 8.09. The molecule has 27 heavy (non-hydrogen) atoms. The summed E-state index contributed by atoms with van der Waals surface area (Å²) in [5, 5.41) is 7.48. The van der Waals surface area contributed by atoms with Crippen LogP contribution >= 0.6 is 11.3 Å². The fourth-order valence-electron chi connectivity index (χ4n) is 4.55. The number of nitrogens with one attached hydrogen (secondary N) is 1. The molecule has 4 heterocycles. The molecule has 1 spiro atoms. The van der Waals surface area contributed by atoms with Gasteiger partial charge in [0.1, 0.15) is 0 Å². The molecule has 0 radical (unpaired) electrons. The summed E-state index contributed by atoms with van der Waals surface area (Å²) in [6.45, 7) is 4.85. The van der Waals surface area contributed by atoms with Gasteiger partial charge in [-0.2, -0.15) is 11.3 Å². The van der Waals surface area contributed by atoms with Crippen LogP contribution in [-0.4, -0.2) is 53.4 Å². The minimum Gasteiger partial charge on any atom is -0.349 e. The van der Waals surface area contributed by atoms with Crippen molar-refractivity contribution in [3.8, 4) is 0 Å².